The number of carbonyl (C=O) groups is 1. The number of aromatic nitrogens is 3. The van der Waals surface area contributed by atoms with Crippen molar-refractivity contribution in [3.05, 3.63) is 61.9 Å². The number of hydrogen-bond acceptors (Lipinski definition) is 4. The number of piperidine rings is 1. The predicted octanol–water partition coefficient (Wildman–Crippen LogP) is 3.20. The lowest BCUT2D eigenvalue weighted by Gasteiger charge is -2.34. The smallest absolute Gasteiger partial charge is 0.332 e. The molecule has 2 aromatic rings. The van der Waals surface area contributed by atoms with Crippen molar-refractivity contribution in [2.45, 2.75) is 77.3 Å². The maximum absolute atomic E-state index is 13.2. The van der Waals surface area contributed by atoms with Crippen LogP contribution in [-0.4, -0.2) is 38.2 Å². The Kier molecular flexibility index (Phi) is 6.21. The summed E-state index contributed by atoms with van der Waals surface area (Å²) in [5.74, 6) is 1.41. The molecule has 1 saturated carbocycles. The van der Waals surface area contributed by atoms with Crippen molar-refractivity contribution in [2.24, 2.45) is 11.8 Å². The number of fused-ring (bicyclic) bond motifs is 3. The van der Waals surface area contributed by atoms with E-state index in [1.165, 1.54) is 29.5 Å². The van der Waals surface area contributed by atoms with Gasteiger partial charge in [-0.15, -0.1) is 0 Å². The molecular weight excluding hydrogens is 416 g/mol. The van der Waals surface area contributed by atoms with Crippen LogP contribution in [0.25, 0.3) is 0 Å². The fraction of sp³-hybridized carbons (Fsp3) is 0.615. The van der Waals surface area contributed by atoms with Crippen LogP contribution in [0.4, 0.5) is 0 Å². The summed E-state index contributed by atoms with van der Waals surface area (Å²) in [4.78, 5) is 40.7. The van der Waals surface area contributed by atoms with Gasteiger partial charge in [0, 0.05) is 37.7 Å². The number of carbonyl (C=O) groups excluding carboxylic acids is 1. The third-order valence-corrected chi connectivity index (χ3v) is 7.85. The van der Waals surface area contributed by atoms with Crippen LogP contribution >= 0.6 is 0 Å². The molecule has 1 aliphatic carbocycles. The number of aryl methyl sites for hydroxylation is 1. The normalized spacial score (nSPS) is 22.8. The van der Waals surface area contributed by atoms with Crippen LogP contribution in [0.15, 0.2) is 33.9 Å². The summed E-state index contributed by atoms with van der Waals surface area (Å²) < 4.78 is 3.02. The van der Waals surface area contributed by atoms with Gasteiger partial charge in [-0.3, -0.25) is 19.0 Å². The topological polar surface area (TPSA) is 77.2 Å². The molecule has 1 aromatic heterocycles. The van der Waals surface area contributed by atoms with Gasteiger partial charge in [0.15, 0.2) is 0 Å². The molecule has 0 unspecified atom stereocenters. The van der Waals surface area contributed by atoms with Crippen molar-refractivity contribution < 1.29 is 4.79 Å². The van der Waals surface area contributed by atoms with Gasteiger partial charge >= 0.3 is 11.1 Å². The van der Waals surface area contributed by atoms with Crippen LogP contribution in [0, 0.1) is 11.8 Å². The number of nitrogens with zero attached hydrogens (tertiary/aromatic N) is 4. The molecular formula is C26H34N4O3. The first-order valence-corrected chi connectivity index (χ1v) is 12.6. The van der Waals surface area contributed by atoms with Gasteiger partial charge in [0.05, 0.1) is 0 Å². The van der Waals surface area contributed by atoms with Crippen LogP contribution < -0.4 is 11.1 Å². The predicted molar refractivity (Wildman–Crippen MR) is 127 cm³/mol. The lowest BCUT2D eigenvalue weighted by atomic mass is 9.87. The molecule has 1 amide bonds. The Morgan fingerprint density at radius 2 is 1.76 bits per heavy atom. The van der Waals surface area contributed by atoms with Gasteiger partial charge in [0.1, 0.15) is 5.82 Å². The van der Waals surface area contributed by atoms with Crippen molar-refractivity contribution in [2.75, 3.05) is 13.1 Å². The van der Waals surface area contributed by atoms with Crippen molar-refractivity contribution in [1.82, 2.24) is 19.2 Å². The minimum atomic E-state index is -0.497. The molecule has 5 rings (SSSR count). The SMILES string of the molecule is CCCc1ccc(C(=O)N2CC[C@H]3Cn4c(nn(CC5CCCCC5)c(=O)c4=O)[C@H]3C2)cc1. The summed E-state index contributed by atoms with van der Waals surface area (Å²) in [7, 11) is 0. The zero-order valence-electron chi connectivity index (χ0n) is 19.5. The Labute approximate surface area is 194 Å². The quantitative estimate of drug-likeness (QED) is 0.656. The Morgan fingerprint density at radius 3 is 2.48 bits per heavy atom. The summed E-state index contributed by atoms with van der Waals surface area (Å²) in [6.07, 6.45) is 8.73. The Balaban J connectivity index is 1.37. The molecule has 0 spiro atoms. The molecule has 3 aliphatic rings. The fourth-order valence-electron chi connectivity index (χ4n) is 5.96. The monoisotopic (exact) mass is 450 g/mol. The average Bonchev–Trinajstić information content (AvgIpc) is 3.21. The minimum Gasteiger partial charge on any atom is -0.338 e. The first kappa shape index (κ1) is 22.1. The Bertz CT molecular complexity index is 1130. The van der Waals surface area contributed by atoms with Gasteiger partial charge in [-0.1, -0.05) is 44.7 Å². The molecule has 7 nitrogen and oxygen atoms in total. The summed E-state index contributed by atoms with van der Waals surface area (Å²) in [5.41, 5.74) is 1.01. The lowest BCUT2D eigenvalue weighted by molar-refractivity contribution is 0.0667. The van der Waals surface area contributed by atoms with Crippen LogP contribution in [0.3, 0.4) is 0 Å². The molecule has 1 aromatic carbocycles. The number of benzene rings is 1. The molecule has 7 heteroatoms. The maximum Gasteiger partial charge on any atom is 0.332 e. The first-order chi connectivity index (χ1) is 16.0. The lowest BCUT2D eigenvalue weighted by Crippen LogP contribution is -2.45. The van der Waals surface area contributed by atoms with E-state index in [0.717, 1.165) is 32.1 Å². The van der Waals surface area contributed by atoms with Gasteiger partial charge in [-0.25, -0.2) is 4.68 Å². The second-order valence-electron chi connectivity index (χ2n) is 10.1. The number of rotatable bonds is 5. The zero-order valence-corrected chi connectivity index (χ0v) is 19.5. The van der Waals surface area contributed by atoms with E-state index in [4.69, 9.17) is 5.10 Å². The van der Waals surface area contributed by atoms with E-state index < -0.39 is 11.1 Å². The van der Waals surface area contributed by atoms with Gasteiger partial charge in [-0.05, 0) is 55.2 Å². The van der Waals surface area contributed by atoms with Crippen molar-refractivity contribution in [3.63, 3.8) is 0 Å². The largest absolute Gasteiger partial charge is 0.338 e. The van der Waals surface area contributed by atoms with Crippen LogP contribution in [-0.2, 0) is 19.5 Å². The molecule has 3 heterocycles. The maximum atomic E-state index is 13.2. The van der Waals surface area contributed by atoms with Crippen molar-refractivity contribution >= 4 is 5.91 Å². The van der Waals surface area contributed by atoms with Gasteiger partial charge < -0.3 is 4.90 Å². The second-order valence-corrected chi connectivity index (χ2v) is 10.1. The van der Waals surface area contributed by atoms with E-state index in [9.17, 15) is 14.4 Å². The molecule has 33 heavy (non-hydrogen) atoms. The van der Waals surface area contributed by atoms with Gasteiger partial charge in [0.25, 0.3) is 5.91 Å². The third-order valence-electron chi connectivity index (χ3n) is 7.85. The molecule has 1 saturated heterocycles. The van der Waals surface area contributed by atoms with Crippen LogP contribution in [0.1, 0.15) is 79.5 Å². The minimum absolute atomic E-state index is 0.00738. The van der Waals surface area contributed by atoms with E-state index >= 15 is 0 Å². The third kappa shape index (κ3) is 4.30. The zero-order chi connectivity index (χ0) is 22.9. The van der Waals surface area contributed by atoms with Gasteiger partial charge in [0.2, 0.25) is 0 Å². The number of amides is 1. The van der Waals surface area contributed by atoms with Crippen molar-refractivity contribution in [1.29, 1.82) is 0 Å². The highest BCUT2D eigenvalue weighted by molar-refractivity contribution is 5.94. The molecule has 0 N–H and O–H groups in total. The highest BCUT2D eigenvalue weighted by atomic mass is 16.2. The number of likely N-dealkylation sites (tertiary alicyclic amines) is 1. The van der Waals surface area contributed by atoms with E-state index in [-0.39, 0.29) is 17.7 Å². The first-order valence-electron chi connectivity index (χ1n) is 12.6. The van der Waals surface area contributed by atoms with Gasteiger partial charge in [-0.2, -0.15) is 5.10 Å². The van der Waals surface area contributed by atoms with Crippen LogP contribution in [0.5, 0.6) is 0 Å². The summed E-state index contributed by atoms with van der Waals surface area (Å²) in [6.45, 7) is 4.45. The molecule has 2 fully saturated rings. The summed E-state index contributed by atoms with van der Waals surface area (Å²) in [5, 5.41) is 4.72. The number of hydrogen-bond donors (Lipinski definition) is 0. The molecule has 176 valence electrons. The summed E-state index contributed by atoms with van der Waals surface area (Å²) >= 11 is 0. The summed E-state index contributed by atoms with van der Waals surface area (Å²) in [6, 6.07) is 7.93. The highest BCUT2D eigenvalue weighted by Gasteiger charge is 2.41. The Hall–Kier alpha value is -2.70. The molecule has 0 bridgehead atoms. The second kappa shape index (κ2) is 9.27. The standard InChI is InChI=1S/C26H34N4O3/c1-2-6-18-9-11-20(12-10-18)24(31)28-14-13-21-16-29-23(22(21)17-28)27-30(26(33)25(29)32)15-19-7-4-3-5-8-19/h9-12,19,21-22H,2-8,13-17H2,1H3/t21-,22-/m0/s1. The highest BCUT2D eigenvalue weighted by Crippen LogP contribution is 2.37. The van der Waals surface area contributed by atoms with E-state index in [1.54, 1.807) is 4.57 Å². The molecule has 2 atom stereocenters. The average molecular weight is 451 g/mol. The van der Waals surface area contributed by atoms with E-state index in [1.807, 2.05) is 29.2 Å². The van der Waals surface area contributed by atoms with Crippen LogP contribution in [0.2, 0.25) is 0 Å². The molecule has 0 radical (unpaired) electrons. The fourth-order valence-corrected chi connectivity index (χ4v) is 5.96. The van der Waals surface area contributed by atoms with Crippen molar-refractivity contribution in [3.8, 4) is 0 Å². The molecule has 2 aliphatic heterocycles. The van der Waals surface area contributed by atoms with E-state index in [2.05, 4.69) is 6.92 Å². The Morgan fingerprint density at radius 1 is 1.00 bits per heavy atom. The van der Waals surface area contributed by atoms with E-state index in [0.29, 0.717) is 43.5 Å².